The summed E-state index contributed by atoms with van der Waals surface area (Å²) < 4.78 is 0. The minimum atomic E-state index is -1.03. The van der Waals surface area contributed by atoms with E-state index in [0.29, 0.717) is 13.1 Å². The predicted octanol–water partition coefficient (Wildman–Crippen LogP) is -0.899. The second-order valence-electron chi connectivity index (χ2n) is 1.16. The Morgan fingerprint density at radius 1 is 1.88 bits per heavy atom. The summed E-state index contributed by atoms with van der Waals surface area (Å²) in [4.78, 5) is 13.1. The molecule has 0 atom stereocenters. The molecule has 0 rings (SSSR count). The number of carboxylic acids is 1. The number of rotatable bonds is 3. The lowest BCUT2D eigenvalue weighted by molar-refractivity contribution is -0.128. The summed E-state index contributed by atoms with van der Waals surface area (Å²) in [6, 6.07) is 0. The van der Waals surface area contributed by atoms with Crippen LogP contribution in [0.1, 0.15) is 0 Å². The maximum Gasteiger partial charge on any atom is 0.346 e. The van der Waals surface area contributed by atoms with E-state index < -0.39 is 5.97 Å². The predicted molar refractivity (Wildman–Crippen MR) is 30.0 cm³/mol. The van der Waals surface area contributed by atoms with Crippen LogP contribution in [0.2, 0.25) is 0 Å². The molecule has 0 radical (unpaired) electrons. The molecule has 0 heterocycles. The van der Waals surface area contributed by atoms with Crippen molar-refractivity contribution in [1.29, 1.82) is 0 Å². The molecule has 8 heavy (non-hydrogen) atoms. The number of hydrogen-bond acceptors (Lipinski definition) is 3. The van der Waals surface area contributed by atoms with Gasteiger partial charge in [-0.1, -0.05) is 0 Å². The van der Waals surface area contributed by atoms with Crippen LogP contribution in [0.25, 0.3) is 0 Å². The van der Waals surface area contributed by atoms with E-state index in [2.05, 4.69) is 4.99 Å². The Labute approximate surface area is 47.0 Å². The van der Waals surface area contributed by atoms with Crippen LogP contribution in [0.5, 0.6) is 0 Å². The van der Waals surface area contributed by atoms with Gasteiger partial charge in [-0.15, -0.1) is 0 Å². The van der Waals surface area contributed by atoms with Gasteiger partial charge in [-0.05, 0) is 0 Å². The number of carbonyl (C=O) groups is 1. The fraction of sp³-hybridized carbons (Fsp3) is 0.500. The van der Waals surface area contributed by atoms with Crippen molar-refractivity contribution in [2.24, 2.45) is 10.7 Å². The molecule has 0 aliphatic rings. The van der Waals surface area contributed by atoms with Gasteiger partial charge in [0.2, 0.25) is 0 Å². The second kappa shape index (κ2) is 4.26. The van der Waals surface area contributed by atoms with E-state index in [9.17, 15) is 4.79 Å². The van der Waals surface area contributed by atoms with Crippen LogP contribution < -0.4 is 5.73 Å². The molecule has 0 aromatic heterocycles. The summed E-state index contributed by atoms with van der Waals surface area (Å²) in [5.74, 6) is -1.03. The normalized spacial score (nSPS) is 10.1. The first-order chi connectivity index (χ1) is 3.77. The van der Waals surface area contributed by atoms with Gasteiger partial charge >= 0.3 is 5.97 Å². The van der Waals surface area contributed by atoms with Crippen LogP contribution >= 0.6 is 0 Å². The maximum absolute atomic E-state index is 9.68. The summed E-state index contributed by atoms with van der Waals surface area (Å²) >= 11 is 0. The van der Waals surface area contributed by atoms with E-state index in [1.54, 1.807) is 0 Å². The number of nitrogens with zero attached hydrogens (tertiary/aromatic N) is 1. The lowest BCUT2D eigenvalue weighted by Gasteiger charge is -1.81. The molecular formula is C4H8N2O2. The van der Waals surface area contributed by atoms with E-state index in [-0.39, 0.29) is 0 Å². The zero-order valence-electron chi connectivity index (χ0n) is 4.37. The lowest BCUT2D eigenvalue weighted by Crippen LogP contribution is -2.04. The van der Waals surface area contributed by atoms with Crippen LogP contribution in [0.3, 0.4) is 0 Å². The van der Waals surface area contributed by atoms with Gasteiger partial charge in [0.15, 0.2) is 0 Å². The summed E-state index contributed by atoms with van der Waals surface area (Å²) in [6.07, 6.45) is 0.840. The molecule has 46 valence electrons. The molecule has 0 aromatic carbocycles. The van der Waals surface area contributed by atoms with Gasteiger partial charge in [0, 0.05) is 6.54 Å². The first-order valence-corrected chi connectivity index (χ1v) is 2.20. The van der Waals surface area contributed by atoms with Crippen molar-refractivity contribution in [3.05, 3.63) is 0 Å². The van der Waals surface area contributed by atoms with E-state index in [1.807, 2.05) is 0 Å². The minimum absolute atomic E-state index is 0.381. The molecule has 0 bridgehead atoms. The highest BCUT2D eigenvalue weighted by Gasteiger charge is 1.82. The van der Waals surface area contributed by atoms with Crippen molar-refractivity contribution in [3.63, 3.8) is 0 Å². The van der Waals surface area contributed by atoms with Gasteiger partial charge in [0.1, 0.15) is 6.21 Å². The van der Waals surface area contributed by atoms with Crippen molar-refractivity contribution in [2.45, 2.75) is 0 Å². The number of carboxylic acid groups (broad SMARTS) is 1. The topological polar surface area (TPSA) is 75.7 Å². The average Bonchev–Trinajstić information content (AvgIpc) is 1.66. The Morgan fingerprint density at radius 2 is 2.50 bits per heavy atom. The molecule has 0 spiro atoms. The summed E-state index contributed by atoms with van der Waals surface area (Å²) in [7, 11) is 0. The van der Waals surface area contributed by atoms with E-state index in [0.717, 1.165) is 6.21 Å². The molecule has 0 unspecified atom stereocenters. The number of aliphatic carboxylic acids is 1. The largest absolute Gasteiger partial charge is 0.477 e. The summed E-state index contributed by atoms with van der Waals surface area (Å²) in [5, 5.41) is 7.95. The van der Waals surface area contributed by atoms with Gasteiger partial charge in [-0.3, -0.25) is 4.99 Å². The third-order valence-corrected chi connectivity index (χ3v) is 0.460. The Hall–Kier alpha value is -0.900. The van der Waals surface area contributed by atoms with Crippen molar-refractivity contribution in [1.82, 2.24) is 0 Å². The van der Waals surface area contributed by atoms with Gasteiger partial charge in [-0.2, -0.15) is 0 Å². The third-order valence-electron chi connectivity index (χ3n) is 0.460. The highest BCUT2D eigenvalue weighted by atomic mass is 16.4. The smallest absolute Gasteiger partial charge is 0.346 e. The fourth-order valence-electron chi connectivity index (χ4n) is 0.217. The zero-order chi connectivity index (χ0) is 6.41. The highest BCUT2D eigenvalue weighted by Crippen LogP contribution is 1.61. The fourth-order valence-corrected chi connectivity index (χ4v) is 0.217. The molecule has 4 heteroatoms. The molecule has 3 N–H and O–H groups in total. The highest BCUT2D eigenvalue weighted by molar-refractivity contribution is 6.21. The first-order valence-electron chi connectivity index (χ1n) is 2.20. The van der Waals surface area contributed by atoms with E-state index in [1.165, 1.54) is 0 Å². The van der Waals surface area contributed by atoms with E-state index >= 15 is 0 Å². The number of aliphatic imine (C=N–C) groups is 1. The monoisotopic (exact) mass is 116 g/mol. The number of hydrogen-bond donors (Lipinski definition) is 2. The third kappa shape index (κ3) is 5.10. The number of nitrogens with two attached hydrogens (primary N) is 1. The van der Waals surface area contributed by atoms with Crippen molar-refractivity contribution in [3.8, 4) is 0 Å². The molecule has 0 aromatic rings. The lowest BCUT2D eigenvalue weighted by atomic mass is 10.6. The van der Waals surface area contributed by atoms with Crippen molar-refractivity contribution in [2.75, 3.05) is 13.1 Å². The van der Waals surface area contributed by atoms with Gasteiger partial charge in [0.05, 0.1) is 6.54 Å². The van der Waals surface area contributed by atoms with Gasteiger partial charge < -0.3 is 10.8 Å². The van der Waals surface area contributed by atoms with Crippen LogP contribution in [-0.4, -0.2) is 30.4 Å². The molecule has 0 fully saturated rings. The Balaban J connectivity index is 3.20. The van der Waals surface area contributed by atoms with Crippen molar-refractivity contribution >= 4 is 12.2 Å². The SMILES string of the molecule is NCCN=CC(=O)O. The summed E-state index contributed by atoms with van der Waals surface area (Å²) in [5.41, 5.74) is 5.01. The standard InChI is InChI=1S/C4H8N2O2/c5-1-2-6-3-4(7)8/h3H,1-2,5H2,(H,7,8). The Kier molecular flexibility index (Phi) is 3.78. The maximum atomic E-state index is 9.68. The molecule has 4 nitrogen and oxygen atoms in total. The molecule has 0 saturated carbocycles. The van der Waals surface area contributed by atoms with Gasteiger partial charge in [-0.25, -0.2) is 4.79 Å². The molecule has 0 aliphatic carbocycles. The summed E-state index contributed by atoms with van der Waals surface area (Å²) in [6.45, 7) is 0.774. The van der Waals surface area contributed by atoms with E-state index in [4.69, 9.17) is 10.8 Å². The van der Waals surface area contributed by atoms with Crippen LogP contribution in [0, 0.1) is 0 Å². The minimum Gasteiger partial charge on any atom is -0.477 e. The van der Waals surface area contributed by atoms with Crippen LogP contribution in [-0.2, 0) is 4.79 Å². The molecule has 0 aliphatic heterocycles. The second-order valence-corrected chi connectivity index (χ2v) is 1.16. The average molecular weight is 116 g/mol. The zero-order valence-corrected chi connectivity index (χ0v) is 4.37. The van der Waals surface area contributed by atoms with Crippen LogP contribution in [0.4, 0.5) is 0 Å². The van der Waals surface area contributed by atoms with Gasteiger partial charge in [0.25, 0.3) is 0 Å². The molecule has 0 saturated heterocycles. The Morgan fingerprint density at radius 3 is 2.88 bits per heavy atom. The first kappa shape index (κ1) is 7.10. The van der Waals surface area contributed by atoms with Crippen LogP contribution in [0.15, 0.2) is 4.99 Å². The molecule has 0 amide bonds. The quantitative estimate of drug-likeness (QED) is 0.469. The molecular weight excluding hydrogens is 108 g/mol. The van der Waals surface area contributed by atoms with Crippen molar-refractivity contribution < 1.29 is 9.90 Å². The Bertz CT molecular complexity index is 100.